The van der Waals surface area contributed by atoms with Crippen molar-refractivity contribution in [1.82, 2.24) is 19.9 Å². The summed E-state index contributed by atoms with van der Waals surface area (Å²) in [6.45, 7) is 0. The van der Waals surface area contributed by atoms with E-state index in [9.17, 15) is 10.1 Å². The van der Waals surface area contributed by atoms with Gasteiger partial charge in [-0.05, 0) is 24.3 Å². The van der Waals surface area contributed by atoms with Gasteiger partial charge in [0, 0.05) is 22.7 Å². The lowest BCUT2D eigenvalue weighted by atomic mass is 10.2. The highest BCUT2D eigenvalue weighted by molar-refractivity contribution is 7.99. The smallest absolute Gasteiger partial charge is 0.363 e. The third-order valence-corrected chi connectivity index (χ3v) is 4.63. The van der Waals surface area contributed by atoms with Crippen LogP contribution in [0.5, 0.6) is 11.6 Å². The van der Waals surface area contributed by atoms with Gasteiger partial charge in [0.05, 0.1) is 16.6 Å². The van der Waals surface area contributed by atoms with Crippen molar-refractivity contribution >= 4 is 28.4 Å². The quantitative estimate of drug-likeness (QED) is 0.288. The van der Waals surface area contributed by atoms with Gasteiger partial charge in [0.15, 0.2) is 5.03 Å². The van der Waals surface area contributed by atoms with Crippen LogP contribution in [0.2, 0.25) is 0 Å². The molecule has 3 heterocycles. The van der Waals surface area contributed by atoms with Crippen LogP contribution in [0.4, 0.5) is 5.69 Å². The number of nitrogens with zero attached hydrogens (tertiary/aromatic N) is 5. The lowest BCUT2D eigenvalue weighted by Crippen LogP contribution is -2.00. The summed E-state index contributed by atoms with van der Waals surface area (Å²) >= 11 is 1.15. The van der Waals surface area contributed by atoms with Crippen molar-refractivity contribution in [2.24, 2.45) is 0 Å². The predicted octanol–water partition coefficient (Wildman–Crippen LogP) is 4.27. The van der Waals surface area contributed by atoms with Gasteiger partial charge >= 0.3 is 11.6 Å². The van der Waals surface area contributed by atoms with Crippen LogP contribution in [-0.2, 0) is 0 Å². The molecule has 4 rings (SSSR count). The van der Waals surface area contributed by atoms with Crippen LogP contribution < -0.4 is 4.74 Å². The lowest BCUT2D eigenvalue weighted by Gasteiger charge is -2.08. The van der Waals surface area contributed by atoms with E-state index in [-0.39, 0.29) is 16.6 Å². The minimum absolute atomic E-state index is 0.140. The molecule has 0 aliphatic heterocycles. The van der Waals surface area contributed by atoms with E-state index >= 15 is 0 Å². The highest BCUT2D eigenvalue weighted by atomic mass is 32.2. The first kappa shape index (κ1) is 16.9. The van der Waals surface area contributed by atoms with Crippen LogP contribution in [0.3, 0.4) is 0 Å². The zero-order valence-corrected chi connectivity index (χ0v) is 14.5. The van der Waals surface area contributed by atoms with Gasteiger partial charge in [-0.1, -0.05) is 30.0 Å². The number of hydrogen-bond donors (Lipinski definition) is 0. The molecular formula is C18H11N5O3S. The highest BCUT2D eigenvalue weighted by Crippen LogP contribution is 2.40. The van der Waals surface area contributed by atoms with Crippen LogP contribution in [0.15, 0.2) is 77.3 Å². The predicted molar refractivity (Wildman–Crippen MR) is 98.9 cm³/mol. The van der Waals surface area contributed by atoms with Crippen LogP contribution >= 0.6 is 11.8 Å². The molecule has 0 aliphatic carbocycles. The van der Waals surface area contributed by atoms with Gasteiger partial charge in [0.2, 0.25) is 0 Å². The molecule has 27 heavy (non-hydrogen) atoms. The number of ether oxygens (including phenoxy) is 1. The van der Waals surface area contributed by atoms with Crippen molar-refractivity contribution in [1.29, 1.82) is 0 Å². The SMILES string of the molecule is O=[N+]([O-])c1c(Oc2cccnc2)ncnc1Sc1cccc2cccnc12. The first-order chi connectivity index (χ1) is 13.2. The Morgan fingerprint density at radius 1 is 1.00 bits per heavy atom. The zero-order valence-electron chi connectivity index (χ0n) is 13.7. The lowest BCUT2D eigenvalue weighted by molar-refractivity contribution is -0.389. The second kappa shape index (κ2) is 7.34. The Kier molecular flexibility index (Phi) is 4.58. The summed E-state index contributed by atoms with van der Waals surface area (Å²) in [7, 11) is 0. The van der Waals surface area contributed by atoms with E-state index in [1.807, 2.05) is 30.3 Å². The fourth-order valence-electron chi connectivity index (χ4n) is 2.43. The van der Waals surface area contributed by atoms with Crippen molar-refractivity contribution in [3.63, 3.8) is 0 Å². The van der Waals surface area contributed by atoms with Crippen LogP contribution in [-0.4, -0.2) is 24.9 Å². The van der Waals surface area contributed by atoms with Crippen LogP contribution in [0.25, 0.3) is 10.9 Å². The molecule has 0 saturated heterocycles. The van der Waals surface area contributed by atoms with E-state index < -0.39 is 4.92 Å². The van der Waals surface area contributed by atoms with Crippen molar-refractivity contribution in [2.45, 2.75) is 9.92 Å². The molecule has 0 saturated carbocycles. The Labute approximate surface area is 157 Å². The third kappa shape index (κ3) is 3.53. The Bertz CT molecular complexity index is 1120. The normalized spacial score (nSPS) is 10.7. The molecule has 0 aliphatic rings. The van der Waals surface area contributed by atoms with E-state index in [1.165, 1.54) is 12.5 Å². The first-order valence-corrected chi connectivity index (χ1v) is 8.63. The van der Waals surface area contributed by atoms with Gasteiger partial charge in [-0.2, -0.15) is 4.98 Å². The average Bonchev–Trinajstić information content (AvgIpc) is 2.69. The number of rotatable bonds is 5. The molecule has 0 amide bonds. The van der Waals surface area contributed by atoms with Gasteiger partial charge in [0.1, 0.15) is 12.1 Å². The molecule has 132 valence electrons. The number of pyridine rings is 2. The van der Waals surface area contributed by atoms with Gasteiger partial charge < -0.3 is 4.74 Å². The van der Waals surface area contributed by atoms with Crippen LogP contribution in [0, 0.1) is 10.1 Å². The molecule has 0 N–H and O–H groups in total. The monoisotopic (exact) mass is 377 g/mol. The Morgan fingerprint density at radius 3 is 2.67 bits per heavy atom. The second-order valence-corrected chi connectivity index (χ2v) is 6.34. The average molecular weight is 377 g/mol. The van der Waals surface area contributed by atoms with E-state index in [1.54, 1.807) is 24.5 Å². The highest BCUT2D eigenvalue weighted by Gasteiger charge is 2.26. The molecule has 0 atom stereocenters. The van der Waals surface area contributed by atoms with E-state index in [4.69, 9.17) is 4.74 Å². The number of fused-ring (bicyclic) bond motifs is 1. The molecule has 4 aromatic rings. The number of aromatic nitrogens is 4. The van der Waals surface area contributed by atoms with Gasteiger partial charge in [-0.25, -0.2) is 4.98 Å². The maximum atomic E-state index is 11.7. The molecule has 9 heteroatoms. The third-order valence-electron chi connectivity index (χ3n) is 3.59. The Morgan fingerprint density at radius 2 is 1.85 bits per heavy atom. The summed E-state index contributed by atoms with van der Waals surface area (Å²) in [6, 6.07) is 12.7. The molecule has 0 fully saturated rings. The summed E-state index contributed by atoms with van der Waals surface area (Å²) in [4.78, 5) is 28.2. The molecular weight excluding hydrogens is 366 g/mol. The number of benzene rings is 1. The van der Waals surface area contributed by atoms with E-state index in [0.29, 0.717) is 5.75 Å². The Balaban J connectivity index is 1.76. The summed E-state index contributed by atoms with van der Waals surface area (Å²) < 4.78 is 5.55. The van der Waals surface area contributed by atoms with Crippen LogP contribution in [0.1, 0.15) is 0 Å². The fourth-order valence-corrected chi connectivity index (χ4v) is 3.42. The van der Waals surface area contributed by atoms with E-state index in [0.717, 1.165) is 27.6 Å². The second-order valence-electron chi connectivity index (χ2n) is 5.31. The Hall–Kier alpha value is -3.59. The maximum absolute atomic E-state index is 11.7. The van der Waals surface area contributed by atoms with E-state index in [2.05, 4.69) is 19.9 Å². The zero-order chi connectivity index (χ0) is 18.6. The van der Waals surface area contributed by atoms with Crippen molar-refractivity contribution in [3.8, 4) is 11.6 Å². The molecule has 0 bridgehead atoms. The summed E-state index contributed by atoms with van der Waals surface area (Å²) in [5, 5.41) is 12.8. The molecule has 0 spiro atoms. The van der Waals surface area contributed by atoms with Gasteiger partial charge in [-0.3, -0.25) is 20.1 Å². The van der Waals surface area contributed by atoms with Crippen molar-refractivity contribution in [3.05, 3.63) is 77.5 Å². The van der Waals surface area contributed by atoms with Gasteiger partial charge in [-0.15, -0.1) is 0 Å². The first-order valence-electron chi connectivity index (χ1n) is 7.81. The molecule has 0 unspecified atom stereocenters. The molecule has 3 aromatic heterocycles. The maximum Gasteiger partial charge on any atom is 0.363 e. The standard InChI is InChI=1S/C18H11N5O3S/c24-23(25)16-17(26-13-6-3-8-19-10-13)21-11-22-18(16)27-14-7-1-4-12-5-2-9-20-15(12)14/h1-11H. The van der Waals surface area contributed by atoms with Crippen molar-refractivity contribution < 1.29 is 9.66 Å². The minimum atomic E-state index is -0.549. The molecule has 1 aromatic carbocycles. The largest absolute Gasteiger partial charge is 0.432 e. The molecule has 0 radical (unpaired) electrons. The molecule has 8 nitrogen and oxygen atoms in total. The summed E-state index contributed by atoms with van der Waals surface area (Å²) in [5.41, 5.74) is 0.437. The topological polar surface area (TPSA) is 104 Å². The fraction of sp³-hybridized carbons (Fsp3) is 0. The minimum Gasteiger partial charge on any atom is -0.432 e. The summed E-state index contributed by atoms with van der Waals surface area (Å²) in [6.07, 6.45) is 5.95. The summed E-state index contributed by atoms with van der Waals surface area (Å²) in [5.74, 6) is 0.209. The number of hydrogen-bond acceptors (Lipinski definition) is 8. The number of nitro groups is 1. The number of para-hydroxylation sites is 1. The van der Waals surface area contributed by atoms with Gasteiger partial charge in [0.25, 0.3) is 0 Å². The van der Waals surface area contributed by atoms with Crippen molar-refractivity contribution in [2.75, 3.05) is 0 Å².